The summed E-state index contributed by atoms with van der Waals surface area (Å²) in [6.45, 7) is 6.10. The number of nitrogens with zero attached hydrogens (tertiary/aromatic N) is 2. The van der Waals surface area contributed by atoms with E-state index in [0.717, 1.165) is 17.2 Å². The van der Waals surface area contributed by atoms with Crippen molar-refractivity contribution in [3.8, 4) is 5.75 Å². The summed E-state index contributed by atoms with van der Waals surface area (Å²) in [7, 11) is 1.61. The van der Waals surface area contributed by atoms with Gasteiger partial charge in [0.25, 0.3) is 0 Å². The number of nitrogens with one attached hydrogen (secondary N) is 2. The second-order valence-electron chi connectivity index (χ2n) is 6.06. The fourth-order valence-corrected chi connectivity index (χ4v) is 2.78. The summed E-state index contributed by atoms with van der Waals surface area (Å²) in [6, 6.07) is 13.4. The number of benzene rings is 2. The lowest BCUT2D eigenvalue weighted by Gasteiger charge is -2.14. The first-order valence-corrected chi connectivity index (χ1v) is 8.63. The molecule has 0 atom stereocenters. The fraction of sp³-hybridized carbons (Fsp3) is 0.200. The van der Waals surface area contributed by atoms with Gasteiger partial charge in [0, 0.05) is 22.5 Å². The van der Waals surface area contributed by atoms with Gasteiger partial charge in [-0.15, -0.1) is 0 Å². The van der Waals surface area contributed by atoms with Crippen LogP contribution in [-0.2, 0) is 0 Å². The molecule has 0 aliphatic carbocycles. The van der Waals surface area contributed by atoms with Crippen LogP contribution in [0.1, 0.15) is 16.8 Å². The van der Waals surface area contributed by atoms with Crippen LogP contribution in [0.3, 0.4) is 0 Å². The van der Waals surface area contributed by atoms with Crippen molar-refractivity contribution in [2.24, 2.45) is 0 Å². The van der Waals surface area contributed by atoms with E-state index in [9.17, 15) is 0 Å². The average Bonchev–Trinajstić information content (AvgIpc) is 2.59. The first-order valence-electron chi connectivity index (χ1n) is 8.26. The SMILES string of the molecule is COc1ccc(Cl)cc1Nc1nc(C)cc(Nc2cccc(C)c2C)n1. The average molecular weight is 369 g/mol. The quantitative estimate of drug-likeness (QED) is 0.618. The molecule has 0 amide bonds. The van der Waals surface area contributed by atoms with Crippen LogP contribution in [0.25, 0.3) is 0 Å². The number of halogens is 1. The van der Waals surface area contributed by atoms with Crippen LogP contribution >= 0.6 is 11.6 Å². The lowest BCUT2D eigenvalue weighted by molar-refractivity contribution is 0.417. The van der Waals surface area contributed by atoms with Gasteiger partial charge in [0.1, 0.15) is 11.6 Å². The van der Waals surface area contributed by atoms with Crippen LogP contribution in [0.2, 0.25) is 5.02 Å². The van der Waals surface area contributed by atoms with E-state index in [1.165, 1.54) is 11.1 Å². The Labute approximate surface area is 158 Å². The lowest BCUT2D eigenvalue weighted by atomic mass is 10.1. The van der Waals surface area contributed by atoms with E-state index < -0.39 is 0 Å². The van der Waals surface area contributed by atoms with Crippen LogP contribution in [-0.4, -0.2) is 17.1 Å². The molecule has 0 spiro atoms. The molecule has 2 N–H and O–H groups in total. The van der Waals surface area contributed by atoms with E-state index in [-0.39, 0.29) is 0 Å². The maximum Gasteiger partial charge on any atom is 0.229 e. The van der Waals surface area contributed by atoms with Crippen molar-refractivity contribution < 1.29 is 4.74 Å². The number of rotatable bonds is 5. The molecule has 26 heavy (non-hydrogen) atoms. The number of hydrogen-bond acceptors (Lipinski definition) is 5. The van der Waals surface area contributed by atoms with Crippen LogP contribution in [0.15, 0.2) is 42.5 Å². The highest BCUT2D eigenvalue weighted by molar-refractivity contribution is 6.31. The highest BCUT2D eigenvalue weighted by atomic mass is 35.5. The molecule has 0 aliphatic rings. The summed E-state index contributed by atoms with van der Waals surface area (Å²) in [6.07, 6.45) is 0. The fourth-order valence-electron chi connectivity index (χ4n) is 2.61. The van der Waals surface area contributed by atoms with E-state index in [1.54, 1.807) is 25.3 Å². The van der Waals surface area contributed by atoms with Crippen molar-refractivity contribution in [1.29, 1.82) is 0 Å². The predicted octanol–water partition coefficient (Wildman–Crippen LogP) is 5.55. The Morgan fingerprint density at radius 2 is 1.73 bits per heavy atom. The first kappa shape index (κ1) is 18.0. The molecule has 0 bridgehead atoms. The highest BCUT2D eigenvalue weighted by Crippen LogP contribution is 2.30. The van der Waals surface area contributed by atoms with Crippen LogP contribution in [0.4, 0.5) is 23.1 Å². The molecule has 0 saturated heterocycles. The molecule has 0 saturated carbocycles. The Hall–Kier alpha value is -2.79. The van der Waals surface area contributed by atoms with Crippen LogP contribution < -0.4 is 15.4 Å². The second-order valence-corrected chi connectivity index (χ2v) is 6.50. The Kier molecular flexibility index (Phi) is 5.28. The summed E-state index contributed by atoms with van der Waals surface area (Å²) >= 11 is 6.09. The zero-order valence-electron chi connectivity index (χ0n) is 15.2. The van der Waals surface area contributed by atoms with Crippen molar-refractivity contribution in [2.75, 3.05) is 17.7 Å². The minimum atomic E-state index is 0.471. The Morgan fingerprint density at radius 3 is 2.50 bits per heavy atom. The smallest absolute Gasteiger partial charge is 0.229 e. The minimum Gasteiger partial charge on any atom is -0.495 e. The molecule has 0 radical (unpaired) electrons. The largest absolute Gasteiger partial charge is 0.495 e. The molecular formula is C20H21ClN4O. The minimum absolute atomic E-state index is 0.471. The van der Waals surface area contributed by atoms with E-state index in [0.29, 0.717) is 22.4 Å². The summed E-state index contributed by atoms with van der Waals surface area (Å²) in [4.78, 5) is 9.02. The normalized spacial score (nSPS) is 10.5. The topological polar surface area (TPSA) is 59.1 Å². The molecule has 3 rings (SSSR count). The van der Waals surface area contributed by atoms with Gasteiger partial charge < -0.3 is 15.4 Å². The number of hydrogen-bond donors (Lipinski definition) is 2. The van der Waals surface area contributed by atoms with Crippen molar-refractivity contribution in [3.63, 3.8) is 0 Å². The molecule has 5 nitrogen and oxygen atoms in total. The molecule has 1 aromatic heterocycles. The van der Waals surface area contributed by atoms with Crippen molar-refractivity contribution in [3.05, 3.63) is 64.3 Å². The van der Waals surface area contributed by atoms with Gasteiger partial charge in [-0.05, 0) is 56.2 Å². The summed E-state index contributed by atoms with van der Waals surface area (Å²) < 4.78 is 5.37. The number of methoxy groups -OCH3 is 1. The van der Waals surface area contributed by atoms with Gasteiger partial charge in [0.2, 0.25) is 5.95 Å². The molecule has 6 heteroatoms. The summed E-state index contributed by atoms with van der Waals surface area (Å²) in [5.74, 6) is 1.86. The van der Waals surface area contributed by atoms with Crippen molar-refractivity contribution in [1.82, 2.24) is 9.97 Å². The van der Waals surface area contributed by atoms with Gasteiger partial charge in [0.05, 0.1) is 12.8 Å². The zero-order chi connectivity index (χ0) is 18.7. The van der Waals surface area contributed by atoms with E-state index in [1.807, 2.05) is 25.1 Å². The first-order chi connectivity index (χ1) is 12.5. The van der Waals surface area contributed by atoms with Crippen molar-refractivity contribution in [2.45, 2.75) is 20.8 Å². The van der Waals surface area contributed by atoms with Gasteiger partial charge in [0.15, 0.2) is 0 Å². The number of ether oxygens (including phenoxy) is 1. The van der Waals surface area contributed by atoms with Crippen LogP contribution in [0, 0.1) is 20.8 Å². The Morgan fingerprint density at radius 1 is 0.923 bits per heavy atom. The Balaban J connectivity index is 1.91. The van der Waals surface area contributed by atoms with Gasteiger partial charge >= 0.3 is 0 Å². The van der Waals surface area contributed by atoms with Gasteiger partial charge in [-0.1, -0.05) is 23.7 Å². The third-order valence-corrected chi connectivity index (χ3v) is 4.36. The highest BCUT2D eigenvalue weighted by Gasteiger charge is 2.09. The third kappa shape index (κ3) is 4.06. The van der Waals surface area contributed by atoms with Crippen molar-refractivity contribution >= 4 is 34.7 Å². The number of aryl methyl sites for hydroxylation is 2. The predicted molar refractivity (Wildman–Crippen MR) is 107 cm³/mol. The second kappa shape index (κ2) is 7.62. The number of aromatic nitrogens is 2. The molecule has 0 fully saturated rings. The van der Waals surface area contributed by atoms with Gasteiger partial charge in [-0.3, -0.25) is 0 Å². The monoisotopic (exact) mass is 368 g/mol. The van der Waals surface area contributed by atoms with Crippen LogP contribution in [0.5, 0.6) is 5.75 Å². The molecule has 2 aromatic carbocycles. The molecule has 0 unspecified atom stereocenters. The lowest BCUT2D eigenvalue weighted by Crippen LogP contribution is -2.04. The standard InChI is InChI=1S/C20H21ClN4O/c1-12-6-5-7-16(14(12)3)23-19-10-13(2)22-20(25-19)24-17-11-15(21)8-9-18(17)26-4/h5-11H,1-4H3,(H2,22,23,24,25). The summed E-state index contributed by atoms with van der Waals surface area (Å²) in [5.41, 5.74) is 4.99. The molecule has 3 aromatic rings. The zero-order valence-corrected chi connectivity index (χ0v) is 16.0. The van der Waals surface area contributed by atoms with Gasteiger partial charge in [-0.25, -0.2) is 4.98 Å². The van der Waals surface area contributed by atoms with E-state index in [2.05, 4.69) is 40.5 Å². The summed E-state index contributed by atoms with van der Waals surface area (Å²) in [5, 5.41) is 7.16. The maximum absolute atomic E-state index is 6.09. The number of anilines is 4. The maximum atomic E-state index is 6.09. The van der Waals surface area contributed by atoms with Gasteiger partial charge in [-0.2, -0.15) is 4.98 Å². The molecular weight excluding hydrogens is 348 g/mol. The molecule has 1 heterocycles. The third-order valence-electron chi connectivity index (χ3n) is 4.13. The molecule has 134 valence electrons. The molecule has 0 aliphatic heterocycles. The van der Waals surface area contributed by atoms with E-state index in [4.69, 9.17) is 16.3 Å². The van der Waals surface area contributed by atoms with E-state index >= 15 is 0 Å². The Bertz CT molecular complexity index is 943.